The summed E-state index contributed by atoms with van der Waals surface area (Å²) in [6, 6.07) is 5.47. The van der Waals surface area contributed by atoms with Crippen LogP contribution >= 0.6 is 0 Å². The van der Waals surface area contributed by atoms with E-state index in [0.717, 1.165) is 24.0 Å². The summed E-state index contributed by atoms with van der Waals surface area (Å²) < 4.78 is 0. The lowest BCUT2D eigenvalue weighted by Gasteiger charge is -2.23. The lowest BCUT2D eigenvalue weighted by molar-refractivity contribution is 0.0771. The van der Waals surface area contributed by atoms with Gasteiger partial charge in [0.1, 0.15) is 0 Å². The average molecular weight is 239 g/mol. The number of aromatic nitrogens is 2. The standard InChI is InChI=1S/C14H13N3O/c18-14(17-8-2-1-3-9-17)11-4-5-12-13(10-11)16-7-6-15-12/h1-2,4-7,10H,3,8-9H2. The smallest absolute Gasteiger partial charge is 0.254 e. The number of nitrogens with zero attached hydrogens (tertiary/aromatic N) is 3. The van der Waals surface area contributed by atoms with E-state index < -0.39 is 0 Å². The van der Waals surface area contributed by atoms with Gasteiger partial charge in [-0.05, 0) is 24.6 Å². The maximum atomic E-state index is 12.3. The summed E-state index contributed by atoms with van der Waals surface area (Å²) in [6.07, 6.45) is 8.36. The Balaban J connectivity index is 1.93. The van der Waals surface area contributed by atoms with Crippen molar-refractivity contribution in [2.45, 2.75) is 6.42 Å². The molecule has 0 atom stereocenters. The Kier molecular flexibility index (Phi) is 2.76. The van der Waals surface area contributed by atoms with E-state index in [1.165, 1.54) is 0 Å². The monoisotopic (exact) mass is 239 g/mol. The van der Waals surface area contributed by atoms with Gasteiger partial charge in [0.25, 0.3) is 5.91 Å². The van der Waals surface area contributed by atoms with Gasteiger partial charge in [-0.1, -0.05) is 12.2 Å². The van der Waals surface area contributed by atoms with Crippen molar-refractivity contribution in [2.75, 3.05) is 13.1 Å². The SMILES string of the molecule is O=C(c1ccc2nccnc2c1)N1CC=CCC1. The number of hydrogen-bond acceptors (Lipinski definition) is 3. The van der Waals surface area contributed by atoms with E-state index in [4.69, 9.17) is 0 Å². The molecule has 1 aromatic carbocycles. The third-order valence-corrected chi connectivity index (χ3v) is 3.06. The lowest BCUT2D eigenvalue weighted by atomic mass is 10.1. The highest BCUT2D eigenvalue weighted by Crippen LogP contribution is 2.14. The van der Waals surface area contributed by atoms with Gasteiger partial charge in [-0.15, -0.1) is 0 Å². The first-order valence-electron chi connectivity index (χ1n) is 5.99. The third kappa shape index (κ3) is 1.97. The van der Waals surface area contributed by atoms with E-state index in [1.54, 1.807) is 12.4 Å². The molecule has 0 fully saturated rings. The highest BCUT2D eigenvalue weighted by atomic mass is 16.2. The lowest BCUT2D eigenvalue weighted by Crippen LogP contribution is -2.33. The molecular weight excluding hydrogens is 226 g/mol. The molecule has 1 aliphatic heterocycles. The van der Waals surface area contributed by atoms with Crippen LogP contribution in [0.1, 0.15) is 16.8 Å². The first-order chi connectivity index (χ1) is 8.84. The molecule has 0 bridgehead atoms. The summed E-state index contributed by atoms with van der Waals surface area (Å²) in [7, 11) is 0. The van der Waals surface area contributed by atoms with Crippen LogP contribution in [0.4, 0.5) is 0 Å². The van der Waals surface area contributed by atoms with Gasteiger partial charge in [0.2, 0.25) is 0 Å². The second kappa shape index (κ2) is 4.56. The topological polar surface area (TPSA) is 46.1 Å². The summed E-state index contributed by atoms with van der Waals surface area (Å²) in [5, 5.41) is 0. The normalized spacial score (nSPS) is 15.0. The van der Waals surface area contributed by atoms with Crippen LogP contribution in [0.2, 0.25) is 0 Å². The molecule has 3 rings (SSSR count). The molecule has 0 unspecified atom stereocenters. The second-order valence-electron chi connectivity index (χ2n) is 4.27. The van der Waals surface area contributed by atoms with E-state index in [-0.39, 0.29) is 5.91 Å². The zero-order valence-electron chi connectivity index (χ0n) is 9.91. The minimum absolute atomic E-state index is 0.0619. The molecule has 2 aromatic rings. The third-order valence-electron chi connectivity index (χ3n) is 3.06. The van der Waals surface area contributed by atoms with Crippen LogP contribution in [0.3, 0.4) is 0 Å². The Hall–Kier alpha value is -2.23. The summed E-state index contributed by atoms with van der Waals surface area (Å²) in [4.78, 5) is 22.5. The first-order valence-corrected chi connectivity index (χ1v) is 5.99. The number of rotatable bonds is 1. The molecular formula is C14H13N3O. The molecule has 2 heterocycles. The van der Waals surface area contributed by atoms with Crippen LogP contribution in [-0.2, 0) is 0 Å². The summed E-state index contributed by atoms with van der Waals surface area (Å²) >= 11 is 0. The summed E-state index contributed by atoms with van der Waals surface area (Å²) in [5.74, 6) is 0.0619. The maximum absolute atomic E-state index is 12.3. The van der Waals surface area contributed by atoms with Crippen molar-refractivity contribution in [3.05, 3.63) is 48.3 Å². The maximum Gasteiger partial charge on any atom is 0.254 e. The van der Waals surface area contributed by atoms with E-state index in [0.29, 0.717) is 12.1 Å². The van der Waals surface area contributed by atoms with E-state index >= 15 is 0 Å². The molecule has 0 spiro atoms. The number of carbonyl (C=O) groups is 1. The zero-order valence-corrected chi connectivity index (χ0v) is 9.91. The highest BCUT2D eigenvalue weighted by Gasteiger charge is 2.16. The van der Waals surface area contributed by atoms with E-state index in [9.17, 15) is 4.79 Å². The predicted molar refractivity (Wildman–Crippen MR) is 69.2 cm³/mol. The van der Waals surface area contributed by atoms with Crippen LogP contribution < -0.4 is 0 Å². The van der Waals surface area contributed by atoms with Crippen molar-refractivity contribution in [1.29, 1.82) is 0 Å². The summed E-state index contributed by atoms with van der Waals surface area (Å²) in [6.45, 7) is 1.48. The van der Waals surface area contributed by atoms with Gasteiger partial charge in [-0.3, -0.25) is 14.8 Å². The van der Waals surface area contributed by atoms with Gasteiger partial charge in [0, 0.05) is 31.0 Å². The Bertz CT molecular complexity index is 621. The fourth-order valence-electron chi connectivity index (χ4n) is 2.10. The largest absolute Gasteiger partial charge is 0.335 e. The minimum atomic E-state index is 0.0619. The molecule has 1 aromatic heterocycles. The molecule has 18 heavy (non-hydrogen) atoms. The van der Waals surface area contributed by atoms with Crippen LogP contribution in [0.25, 0.3) is 11.0 Å². The quantitative estimate of drug-likeness (QED) is 0.715. The van der Waals surface area contributed by atoms with Gasteiger partial charge < -0.3 is 4.90 Å². The molecule has 0 aliphatic carbocycles. The molecule has 1 amide bonds. The zero-order chi connectivity index (χ0) is 12.4. The molecule has 90 valence electrons. The van der Waals surface area contributed by atoms with Gasteiger partial charge in [0.05, 0.1) is 11.0 Å². The Morgan fingerprint density at radius 1 is 1.11 bits per heavy atom. The first kappa shape index (κ1) is 10.9. The fourth-order valence-corrected chi connectivity index (χ4v) is 2.10. The van der Waals surface area contributed by atoms with E-state index in [2.05, 4.69) is 16.0 Å². The van der Waals surface area contributed by atoms with E-state index in [1.807, 2.05) is 29.2 Å². The predicted octanol–water partition coefficient (Wildman–Crippen LogP) is 2.03. The molecule has 0 radical (unpaired) electrons. The van der Waals surface area contributed by atoms with Gasteiger partial charge in [-0.2, -0.15) is 0 Å². The van der Waals surface area contributed by atoms with Crippen molar-refractivity contribution in [2.24, 2.45) is 0 Å². The van der Waals surface area contributed by atoms with Crippen molar-refractivity contribution in [1.82, 2.24) is 14.9 Å². The van der Waals surface area contributed by atoms with Gasteiger partial charge in [-0.25, -0.2) is 0 Å². The Labute approximate surface area is 105 Å². The number of benzene rings is 1. The molecule has 0 saturated carbocycles. The minimum Gasteiger partial charge on any atom is -0.335 e. The van der Waals surface area contributed by atoms with Crippen LogP contribution in [0.15, 0.2) is 42.7 Å². The van der Waals surface area contributed by atoms with Gasteiger partial charge >= 0.3 is 0 Å². The number of carbonyl (C=O) groups excluding carboxylic acids is 1. The molecule has 4 nitrogen and oxygen atoms in total. The molecule has 0 saturated heterocycles. The van der Waals surface area contributed by atoms with Gasteiger partial charge in [0.15, 0.2) is 0 Å². The highest BCUT2D eigenvalue weighted by molar-refractivity contribution is 5.97. The van der Waals surface area contributed by atoms with Crippen LogP contribution in [0, 0.1) is 0 Å². The molecule has 0 N–H and O–H groups in total. The van der Waals surface area contributed by atoms with Crippen molar-refractivity contribution in [3.63, 3.8) is 0 Å². The Morgan fingerprint density at radius 3 is 2.72 bits per heavy atom. The average Bonchev–Trinajstić information content (AvgIpc) is 2.47. The van der Waals surface area contributed by atoms with Crippen LogP contribution in [-0.4, -0.2) is 33.9 Å². The Morgan fingerprint density at radius 2 is 1.94 bits per heavy atom. The fraction of sp³-hybridized carbons (Fsp3) is 0.214. The molecule has 1 aliphatic rings. The number of hydrogen-bond donors (Lipinski definition) is 0. The van der Waals surface area contributed by atoms with Crippen molar-refractivity contribution >= 4 is 16.9 Å². The second-order valence-corrected chi connectivity index (χ2v) is 4.27. The summed E-state index contributed by atoms with van der Waals surface area (Å²) in [5.41, 5.74) is 2.25. The van der Waals surface area contributed by atoms with Crippen molar-refractivity contribution < 1.29 is 4.79 Å². The van der Waals surface area contributed by atoms with Crippen molar-refractivity contribution in [3.8, 4) is 0 Å². The molecule has 4 heteroatoms. The number of amides is 1. The van der Waals surface area contributed by atoms with Crippen LogP contribution in [0.5, 0.6) is 0 Å². The number of fused-ring (bicyclic) bond motifs is 1.